The Bertz CT molecular complexity index is 779. The number of halogens is 2. The highest BCUT2D eigenvalue weighted by Gasteiger charge is 2.17. The monoisotopic (exact) mass is 350 g/mol. The molecule has 3 rings (SSSR count). The van der Waals surface area contributed by atoms with Gasteiger partial charge >= 0.3 is 0 Å². The van der Waals surface area contributed by atoms with Crippen LogP contribution < -0.4 is 0 Å². The smallest absolute Gasteiger partial charge is 0.153 e. The Hall–Kier alpha value is -1.29. The molecule has 3 aromatic rings. The standard InChI is InChI=1S/C16H12BrClO2/c1-9-7-10(5-6-12(9)17)15(19)14-8-11-3-2-4-13(18)16(11)20-14/h2-8,15,19H,1H3. The molecular weight excluding hydrogens is 340 g/mol. The zero-order chi connectivity index (χ0) is 14.3. The van der Waals surface area contributed by atoms with E-state index in [0.717, 1.165) is 21.0 Å². The molecule has 1 unspecified atom stereocenters. The summed E-state index contributed by atoms with van der Waals surface area (Å²) in [6.45, 7) is 1.98. The fourth-order valence-corrected chi connectivity index (χ4v) is 2.65. The third kappa shape index (κ3) is 2.37. The van der Waals surface area contributed by atoms with Crippen molar-refractivity contribution < 1.29 is 9.52 Å². The Balaban J connectivity index is 2.05. The molecule has 0 radical (unpaired) electrons. The fraction of sp³-hybridized carbons (Fsp3) is 0.125. The van der Waals surface area contributed by atoms with Gasteiger partial charge in [-0.2, -0.15) is 0 Å². The van der Waals surface area contributed by atoms with Crippen molar-refractivity contribution in [3.05, 3.63) is 68.8 Å². The van der Waals surface area contributed by atoms with E-state index in [0.29, 0.717) is 16.4 Å². The van der Waals surface area contributed by atoms with Crippen LogP contribution in [0.5, 0.6) is 0 Å². The first kappa shape index (κ1) is 13.7. The second-order valence-corrected chi connectivity index (χ2v) is 5.98. The lowest BCUT2D eigenvalue weighted by molar-refractivity contribution is 0.192. The number of aliphatic hydroxyl groups is 1. The molecule has 1 N–H and O–H groups in total. The molecular formula is C16H12BrClO2. The minimum atomic E-state index is -0.801. The number of rotatable bonds is 2. The lowest BCUT2D eigenvalue weighted by Crippen LogP contribution is -1.98. The third-order valence-electron chi connectivity index (χ3n) is 3.28. The van der Waals surface area contributed by atoms with Crippen molar-refractivity contribution in [2.24, 2.45) is 0 Å². The average Bonchev–Trinajstić information content (AvgIpc) is 2.86. The minimum Gasteiger partial charge on any atom is -0.456 e. The van der Waals surface area contributed by atoms with Crippen LogP contribution in [0.1, 0.15) is 23.0 Å². The highest BCUT2D eigenvalue weighted by Crippen LogP contribution is 2.32. The van der Waals surface area contributed by atoms with Gasteiger partial charge in [0.1, 0.15) is 11.9 Å². The maximum absolute atomic E-state index is 10.4. The van der Waals surface area contributed by atoms with Crippen LogP contribution in [0.2, 0.25) is 5.02 Å². The van der Waals surface area contributed by atoms with Gasteiger partial charge in [0.2, 0.25) is 0 Å². The number of furan rings is 1. The summed E-state index contributed by atoms with van der Waals surface area (Å²) >= 11 is 9.54. The average molecular weight is 352 g/mol. The van der Waals surface area contributed by atoms with Crippen LogP contribution >= 0.6 is 27.5 Å². The predicted octanol–water partition coefficient (Wildman–Crippen LogP) is 5.24. The van der Waals surface area contributed by atoms with Gasteiger partial charge in [0.05, 0.1) is 5.02 Å². The van der Waals surface area contributed by atoms with Crippen LogP contribution in [0, 0.1) is 6.92 Å². The lowest BCUT2D eigenvalue weighted by atomic mass is 10.0. The maximum Gasteiger partial charge on any atom is 0.153 e. The van der Waals surface area contributed by atoms with Crippen molar-refractivity contribution in [1.82, 2.24) is 0 Å². The van der Waals surface area contributed by atoms with E-state index in [1.54, 1.807) is 6.07 Å². The van der Waals surface area contributed by atoms with Gasteiger partial charge < -0.3 is 9.52 Å². The zero-order valence-electron chi connectivity index (χ0n) is 10.7. The Morgan fingerprint density at radius 1 is 1.20 bits per heavy atom. The topological polar surface area (TPSA) is 33.4 Å². The minimum absolute atomic E-state index is 0.495. The molecule has 0 aliphatic rings. The molecule has 0 bridgehead atoms. The van der Waals surface area contributed by atoms with E-state index in [1.165, 1.54) is 0 Å². The van der Waals surface area contributed by atoms with Gasteiger partial charge in [0, 0.05) is 9.86 Å². The predicted molar refractivity (Wildman–Crippen MR) is 84.2 cm³/mol. The first-order chi connectivity index (χ1) is 9.56. The van der Waals surface area contributed by atoms with E-state index in [1.807, 2.05) is 43.3 Å². The Labute approximate surface area is 130 Å². The van der Waals surface area contributed by atoms with Gasteiger partial charge in [-0.3, -0.25) is 0 Å². The summed E-state index contributed by atoms with van der Waals surface area (Å²) in [6, 6.07) is 13.1. The summed E-state index contributed by atoms with van der Waals surface area (Å²) in [5.74, 6) is 0.495. The molecule has 2 aromatic carbocycles. The normalized spacial score (nSPS) is 12.8. The van der Waals surface area contributed by atoms with Crippen LogP contribution in [0.3, 0.4) is 0 Å². The highest BCUT2D eigenvalue weighted by atomic mass is 79.9. The molecule has 2 nitrogen and oxygen atoms in total. The second kappa shape index (κ2) is 5.24. The number of para-hydroxylation sites is 1. The van der Waals surface area contributed by atoms with Crippen molar-refractivity contribution in [2.75, 3.05) is 0 Å². The summed E-state index contributed by atoms with van der Waals surface area (Å²) in [6.07, 6.45) is -0.801. The summed E-state index contributed by atoms with van der Waals surface area (Å²) in [5, 5.41) is 11.9. The quantitative estimate of drug-likeness (QED) is 0.685. The maximum atomic E-state index is 10.4. The molecule has 1 atom stereocenters. The van der Waals surface area contributed by atoms with Gasteiger partial charge in [-0.05, 0) is 36.2 Å². The first-order valence-corrected chi connectivity index (χ1v) is 7.35. The van der Waals surface area contributed by atoms with Gasteiger partial charge in [-0.1, -0.05) is 51.8 Å². The molecule has 20 heavy (non-hydrogen) atoms. The van der Waals surface area contributed by atoms with E-state index in [4.69, 9.17) is 16.0 Å². The van der Waals surface area contributed by atoms with E-state index in [-0.39, 0.29) is 0 Å². The molecule has 102 valence electrons. The highest BCUT2D eigenvalue weighted by molar-refractivity contribution is 9.10. The van der Waals surface area contributed by atoms with Crippen molar-refractivity contribution >= 4 is 38.5 Å². The molecule has 0 spiro atoms. The molecule has 0 saturated heterocycles. The van der Waals surface area contributed by atoms with Crippen LogP contribution in [0.4, 0.5) is 0 Å². The van der Waals surface area contributed by atoms with E-state index >= 15 is 0 Å². The summed E-state index contributed by atoms with van der Waals surface area (Å²) in [5.41, 5.74) is 2.47. The van der Waals surface area contributed by atoms with E-state index in [9.17, 15) is 5.11 Å². The number of hydrogen-bond donors (Lipinski definition) is 1. The molecule has 0 fully saturated rings. The molecule has 0 amide bonds. The molecule has 1 heterocycles. The van der Waals surface area contributed by atoms with Crippen LogP contribution in [-0.2, 0) is 0 Å². The van der Waals surface area contributed by atoms with E-state index in [2.05, 4.69) is 15.9 Å². The van der Waals surface area contributed by atoms with Crippen molar-refractivity contribution in [1.29, 1.82) is 0 Å². The van der Waals surface area contributed by atoms with Gasteiger partial charge in [-0.15, -0.1) is 0 Å². The number of hydrogen-bond acceptors (Lipinski definition) is 2. The molecule has 0 aliphatic carbocycles. The number of aryl methyl sites for hydroxylation is 1. The van der Waals surface area contributed by atoms with Crippen LogP contribution in [0.15, 0.2) is 51.4 Å². The number of fused-ring (bicyclic) bond motifs is 1. The summed E-state index contributed by atoms with van der Waals surface area (Å²) in [7, 11) is 0. The Morgan fingerprint density at radius 3 is 2.70 bits per heavy atom. The van der Waals surface area contributed by atoms with Crippen molar-refractivity contribution in [3.8, 4) is 0 Å². The van der Waals surface area contributed by atoms with Crippen molar-refractivity contribution in [2.45, 2.75) is 13.0 Å². The van der Waals surface area contributed by atoms with E-state index < -0.39 is 6.10 Å². The van der Waals surface area contributed by atoms with Gasteiger partial charge in [0.25, 0.3) is 0 Å². The van der Waals surface area contributed by atoms with Crippen LogP contribution in [-0.4, -0.2) is 5.11 Å². The van der Waals surface area contributed by atoms with Crippen molar-refractivity contribution in [3.63, 3.8) is 0 Å². The van der Waals surface area contributed by atoms with Crippen LogP contribution in [0.25, 0.3) is 11.0 Å². The fourth-order valence-electron chi connectivity index (χ4n) is 2.18. The molecule has 4 heteroatoms. The first-order valence-electron chi connectivity index (χ1n) is 6.18. The SMILES string of the molecule is Cc1cc(C(O)c2cc3cccc(Cl)c3o2)ccc1Br. The molecule has 0 saturated carbocycles. The molecule has 0 aliphatic heterocycles. The largest absolute Gasteiger partial charge is 0.456 e. The van der Waals surface area contributed by atoms with Gasteiger partial charge in [0.15, 0.2) is 5.58 Å². The second-order valence-electron chi connectivity index (χ2n) is 4.72. The number of benzene rings is 2. The molecule has 1 aromatic heterocycles. The number of aliphatic hydroxyl groups excluding tert-OH is 1. The zero-order valence-corrected chi connectivity index (χ0v) is 13.1. The Kier molecular flexibility index (Phi) is 3.59. The summed E-state index contributed by atoms with van der Waals surface area (Å²) in [4.78, 5) is 0. The summed E-state index contributed by atoms with van der Waals surface area (Å²) < 4.78 is 6.71. The lowest BCUT2D eigenvalue weighted by Gasteiger charge is -2.09. The van der Waals surface area contributed by atoms with Gasteiger partial charge in [-0.25, -0.2) is 0 Å². The third-order valence-corrected chi connectivity index (χ3v) is 4.47. The Morgan fingerprint density at radius 2 is 2.00 bits per heavy atom.